The van der Waals surface area contributed by atoms with Crippen LogP contribution in [0.2, 0.25) is 5.02 Å². The molecule has 0 radical (unpaired) electrons. The van der Waals surface area contributed by atoms with E-state index in [0.29, 0.717) is 23.7 Å². The summed E-state index contributed by atoms with van der Waals surface area (Å²) in [6.07, 6.45) is 4.95. The second kappa shape index (κ2) is 9.38. The van der Waals surface area contributed by atoms with Crippen LogP contribution in [0.5, 0.6) is 0 Å². The molecular weight excluding hydrogens is 444 g/mol. The van der Waals surface area contributed by atoms with Crippen molar-refractivity contribution in [2.24, 2.45) is 5.92 Å². The lowest BCUT2D eigenvalue weighted by atomic mass is 9.80. The maximum atomic E-state index is 13.8. The van der Waals surface area contributed by atoms with Crippen LogP contribution in [0, 0.1) is 17.6 Å². The Morgan fingerprint density at radius 1 is 0.968 bits per heavy atom. The van der Waals surface area contributed by atoms with E-state index in [9.17, 15) is 17.2 Å². The first-order chi connectivity index (χ1) is 14.9. The van der Waals surface area contributed by atoms with Crippen LogP contribution in [0.15, 0.2) is 61.2 Å². The summed E-state index contributed by atoms with van der Waals surface area (Å²) in [6, 6.07) is 10.6. The summed E-state index contributed by atoms with van der Waals surface area (Å²) < 4.78 is 50.5. The molecule has 3 aromatic rings. The van der Waals surface area contributed by atoms with Gasteiger partial charge in [0.25, 0.3) is 0 Å². The monoisotopic (exact) mass is 463 g/mol. The van der Waals surface area contributed by atoms with Gasteiger partial charge in [-0.05, 0) is 41.3 Å². The lowest BCUT2D eigenvalue weighted by molar-refractivity contribution is 0.0553. The molecule has 0 N–H and O–H groups in total. The van der Waals surface area contributed by atoms with Gasteiger partial charge < -0.3 is 0 Å². The Bertz CT molecular complexity index is 1100. The number of rotatable bonds is 7. The quantitative estimate of drug-likeness (QED) is 0.540. The standard InChI is InChI=1S/C22H20ClF2N3O2S/c23-18-3-1-14(2-4-18)22(16-8-26-13-27-9-16)28-10-17(11-28)21(12-31(29)30)15-5-19(24)7-20(25)6-15/h1-9,13,17,21-22,31H,10-12H2. The van der Waals surface area contributed by atoms with E-state index in [-0.39, 0.29) is 17.7 Å². The molecule has 0 amide bonds. The summed E-state index contributed by atoms with van der Waals surface area (Å²) in [5, 5.41) is 0.626. The molecule has 1 fully saturated rings. The minimum atomic E-state index is -2.71. The van der Waals surface area contributed by atoms with Crippen LogP contribution in [0.1, 0.15) is 28.7 Å². The van der Waals surface area contributed by atoms with Gasteiger partial charge in [0.05, 0.1) is 11.8 Å². The van der Waals surface area contributed by atoms with Crippen LogP contribution in [-0.2, 0) is 10.7 Å². The summed E-state index contributed by atoms with van der Waals surface area (Å²) in [4.78, 5) is 10.4. The predicted molar refractivity (Wildman–Crippen MR) is 115 cm³/mol. The molecule has 1 aliphatic heterocycles. The van der Waals surface area contributed by atoms with Crippen LogP contribution < -0.4 is 0 Å². The smallest absolute Gasteiger partial charge is 0.140 e. The number of aromatic nitrogens is 2. The highest BCUT2D eigenvalue weighted by Gasteiger charge is 2.39. The fourth-order valence-electron chi connectivity index (χ4n) is 4.20. The van der Waals surface area contributed by atoms with Crippen molar-refractivity contribution in [1.82, 2.24) is 14.9 Å². The lowest BCUT2D eigenvalue weighted by Crippen LogP contribution is -2.51. The predicted octanol–water partition coefficient (Wildman–Crippen LogP) is 3.82. The van der Waals surface area contributed by atoms with Crippen molar-refractivity contribution in [3.8, 4) is 0 Å². The van der Waals surface area contributed by atoms with E-state index in [0.717, 1.165) is 17.2 Å². The second-order valence-electron chi connectivity index (χ2n) is 7.66. The number of halogens is 3. The minimum Gasteiger partial charge on any atom is -0.292 e. The molecule has 0 saturated carbocycles. The Morgan fingerprint density at radius 2 is 1.58 bits per heavy atom. The number of likely N-dealkylation sites (tertiary alicyclic amines) is 1. The molecule has 31 heavy (non-hydrogen) atoms. The molecule has 162 valence electrons. The average Bonchev–Trinajstić information content (AvgIpc) is 2.70. The zero-order valence-corrected chi connectivity index (χ0v) is 18.0. The zero-order valence-electron chi connectivity index (χ0n) is 16.4. The van der Waals surface area contributed by atoms with Gasteiger partial charge in [-0.15, -0.1) is 0 Å². The number of benzene rings is 2. The third kappa shape index (κ3) is 5.08. The molecule has 1 aromatic heterocycles. The van der Waals surface area contributed by atoms with Crippen molar-refractivity contribution in [2.45, 2.75) is 12.0 Å². The highest BCUT2D eigenvalue weighted by Crippen LogP contribution is 2.40. The van der Waals surface area contributed by atoms with Crippen LogP contribution in [0.4, 0.5) is 8.78 Å². The summed E-state index contributed by atoms with van der Waals surface area (Å²) >= 11 is 6.04. The highest BCUT2D eigenvalue weighted by atomic mass is 35.5. The zero-order chi connectivity index (χ0) is 22.0. The van der Waals surface area contributed by atoms with Gasteiger partial charge in [0.2, 0.25) is 0 Å². The molecule has 2 aromatic carbocycles. The molecule has 1 aliphatic rings. The first-order valence-electron chi connectivity index (χ1n) is 9.73. The topological polar surface area (TPSA) is 63.2 Å². The van der Waals surface area contributed by atoms with Crippen molar-refractivity contribution in [1.29, 1.82) is 0 Å². The van der Waals surface area contributed by atoms with E-state index < -0.39 is 28.3 Å². The molecular formula is C22H20ClF2N3O2S. The molecule has 9 heteroatoms. The Kier molecular flexibility index (Phi) is 6.60. The Labute approximate surface area is 185 Å². The maximum absolute atomic E-state index is 13.8. The molecule has 4 rings (SSSR count). The van der Waals surface area contributed by atoms with Crippen LogP contribution >= 0.6 is 11.6 Å². The highest BCUT2D eigenvalue weighted by molar-refractivity contribution is 7.72. The molecule has 2 atom stereocenters. The van der Waals surface area contributed by atoms with Crippen molar-refractivity contribution in [3.63, 3.8) is 0 Å². The van der Waals surface area contributed by atoms with Crippen molar-refractivity contribution in [3.05, 3.63) is 94.5 Å². The van der Waals surface area contributed by atoms with E-state index in [1.165, 1.54) is 18.5 Å². The van der Waals surface area contributed by atoms with Gasteiger partial charge >= 0.3 is 0 Å². The second-order valence-corrected chi connectivity index (χ2v) is 9.13. The molecule has 2 unspecified atom stereocenters. The minimum absolute atomic E-state index is 0.0615. The van der Waals surface area contributed by atoms with Gasteiger partial charge in [-0.3, -0.25) is 4.90 Å². The Morgan fingerprint density at radius 3 is 2.16 bits per heavy atom. The average molecular weight is 464 g/mol. The van der Waals surface area contributed by atoms with E-state index in [1.807, 2.05) is 24.3 Å². The Balaban J connectivity index is 1.60. The SMILES string of the molecule is O=[SH](=O)CC(c1cc(F)cc(F)c1)C1CN(C(c2ccc(Cl)cc2)c2cncnc2)C1. The third-order valence-electron chi connectivity index (χ3n) is 5.61. The molecule has 0 aliphatic carbocycles. The molecule has 0 bridgehead atoms. The fourth-order valence-corrected chi connectivity index (χ4v) is 5.16. The van der Waals surface area contributed by atoms with E-state index in [4.69, 9.17) is 11.6 Å². The fraction of sp³-hybridized carbons (Fsp3) is 0.273. The summed E-state index contributed by atoms with van der Waals surface area (Å²) in [6.45, 7) is 1.13. The number of nitrogens with zero attached hydrogens (tertiary/aromatic N) is 3. The molecule has 2 heterocycles. The van der Waals surface area contributed by atoms with E-state index in [1.54, 1.807) is 12.4 Å². The van der Waals surface area contributed by atoms with Crippen LogP contribution in [0.3, 0.4) is 0 Å². The summed E-state index contributed by atoms with van der Waals surface area (Å²) in [5.41, 5.74) is 2.26. The first-order valence-corrected chi connectivity index (χ1v) is 11.5. The molecule has 1 saturated heterocycles. The van der Waals surface area contributed by atoms with Crippen LogP contribution in [-0.4, -0.2) is 42.1 Å². The van der Waals surface area contributed by atoms with Gasteiger partial charge in [-0.25, -0.2) is 27.2 Å². The molecule has 0 spiro atoms. The van der Waals surface area contributed by atoms with Gasteiger partial charge in [0, 0.05) is 48.1 Å². The maximum Gasteiger partial charge on any atom is 0.140 e. The van der Waals surface area contributed by atoms with E-state index >= 15 is 0 Å². The van der Waals surface area contributed by atoms with Gasteiger partial charge in [-0.2, -0.15) is 0 Å². The van der Waals surface area contributed by atoms with Gasteiger partial charge in [-0.1, -0.05) is 23.7 Å². The molecule has 5 nitrogen and oxygen atoms in total. The van der Waals surface area contributed by atoms with Crippen molar-refractivity contribution in [2.75, 3.05) is 18.8 Å². The Hall–Kier alpha value is -2.42. The van der Waals surface area contributed by atoms with E-state index in [2.05, 4.69) is 14.9 Å². The summed E-state index contributed by atoms with van der Waals surface area (Å²) in [7, 11) is -2.71. The number of hydrogen-bond acceptors (Lipinski definition) is 5. The first kappa shape index (κ1) is 21.8. The number of thiol groups is 1. The van der Waals surface area contributed by atoms with Crippen LogP contribution in [0.25, 0.3) is 0 Å². The lowest BCUT2D eigenvalue weighted by Gasteiger charge is -2.47. The van der Waals surface area contributed by atoms with Gasteiger partial charge in [0.1, 0.15) is 28.7 Å². The summed E-state index contributed by atoms with van der Waals surface area (Å²) in [5.74, 6) is -2.12. The third-order valence-corrected chi connectivity index (χ3v) is 6.56. The normalized spacial score (nSPS) is 16.8. The van der Waals surface area contributed by atoms with Crippen molar-refractivity contribution >= 4 is 22.3 Å². The number of hydrogen-bond donors (Lipinski definition) is 1. The van der Waals surface area contributed by atoms with Crippen molar-refractivity contribution < 1.29 is 17.2 Å². The largest absolute Gasteiger partial charge is 0.292 e. The van der Waals surface area contributed by atoms with Gasteiger partial charge in [0.15, 0.2) is 0 Å².